The molecule has 1 rings (SSSR count). The van der Waals surface area contributed by atoms with E-state index >= 15 is 0 Å². The summed E-state index contributed by atoms with van der Waals surface area (Å²) in [6.45, 7) is 2.60. The van der Waals surface area contributed by atoms with Gasteiger partial charge in [-0.1, -0.05) is 13.3 Å². The number of nitrogens with zero attached hydrogens (tertiary/aromatic N) is 1. The second-order valence-corrected chi connectivity index (χ2v) is 7.51. The number of carbonyl (C=O) groups is 2. The third-order valence-corrected chi connectivity index (χ3v) is 5.00. The van der Waals surface area contributed by atoms with Gasteiger partial charge in [0.25, 0.3) is 0 Å². The molecule has 8 heteroatoms. The number of hydrogen-bond donors (Lipinski definition) is 2. The van der Waals surface area contributed by atoms with E-state index in [2.05, 4.69) is 5.32 Å². The minimum Gasteiger partial charge on any atom is -0.481 e. The molecule has 1 heterocycles. The van der Waals surface area contributed by atoms with Gasteiger partial charge >= 0.3 is 5.97 Å². The van der Waals surface area contributed by atoms with Gasteiger partial charge in [-0.3, -0.25) is 9.59 Å². The average Bonchev–Trinajstić information content (AvgIpc) is 2.42. The van der Waals surface area contributed by atoms with Crippen molar-refractivity contribution in [3.63, 3.8) is 0 Å². The van der Waals surface area contributed by atoms with Crippen molar-refractivity contribution in [3.8, 4) is 0 Å². The molecule has 7 nitrogen and oxygen atoms in total. The fourth-order valence-electron chi connectivity index (χ4n) is 2.49. The zero-order valence-electron chi connectivity index (χ0n) is 12.5. The largest absolute Gasteiger partial charge is 0.481 e. The molecular formula is C13H24N2O5S. The van der Waals surface area contributed by atoms with Gasteiger partial charge in [-0.2, -0.15) is 0 Å². The van der Waals surface area contributed by atoms with Crippen LogP contribution in [0.3, 0.4) is 0 Å². The van der Waals surface area contributed by atoms with Gasteiger partial charge < -0.3 is 10.4 Å². The molecule has 0 bridgehead atoms. The van der Waals surface area contributed by atoms with Crippen LogP contribution in [0.5, 0.6) is 0 Å². The molecule has 1 aliphatic rings. The van der Waals surface area contributed by atoms with E-state index in [1.165, 1.54) is 4.31 Å². The highest BCUT2D eigenvalue weighted by Gasteiger charge is 2.30. The maximum Gasteiger partial charge on any atom is 0.308 e. The molecule has 0 aromatic rings. The highest BCUT2D eigenvalue weighted by Crippen LogP contribution is 2.19. The van der Waals surface area contributed by atoms with Gasteiger partial charge in [0.05, 0.1) is 18.1 Å². The first-order chi connectivity index (χ1) is 9.75. The van der Waals surface area contributed by atoms with Crippen LogP contribution in [0.25, 0.3) is 0 Å². The molecule has 2 N–H and O–H groups in total. The van der Waals surface area contributed by atoms with E-state index in [1.54, 1.807) is 0 Å². The Hall–Kier alpha value is -1.15. The molecule has 1 fully saturated rings. The van der Waals surface area contributed by atoms with Crippen LogP contribution < -0.4 is 5.32 Å². The summed E-state index contributed by atoms with van der Waals surface area (Å²) in [4.78, 5) is 23.1. The van der Waals surface area contributed by atoms with E-state index in [0.717, 1.165) is 12.7 Å². The predicted octanol–water partition coefficient (Wildman–Crippen LogP) is 0.275. The molecule has 21 heavy (non-hydrogen) atoms. The highest BCUT2D eigenvalue weighted by molar-refractivity contribution is 7.88. The monoisotopic (exact) mass is 320 g/mol. The number of aliphatic carboxylic acids is 1. The third kappa shape index (κ3) is 5.62. The summed E-state index contributed by atoms with van der Waals surface area (Å²) >= 11 is 0. The van der Waals surface area contributed by atoms with Gasteiger partial charge in [-0.25, -0.2) is 12.7 Å². The van der Waals surface area contributed by atoms with E-state index in [1.807, 2.05) is 6.92 Å². The zero-order chi connectivity index (χ0) is 16.0. The van der Waals surface area contributed by atoms with Crippen LogP contribution in [-0.4, -0.2) is 55.6 Å². The van der Waals surface area contributed by atoms with Crippen molar-refractivity contribution in [1.29, 1.82) is 0 Å². The zero-order valence-corrected chi connectivity index (χ0v) is 13.4. The molecular weight excluding hydrogens is 296 g/mol. The number of hydrogen-bond acceptors (Lipinski definition) is 4. The number of piperidine rings is 1. The molecule has 1 saturated heterocycles. The molecule has 0 aromatic heterocycles. The molecule has 2 atom stereocenters. The van der Waals surface area contributed by atoms with Crippen molar-refractivity contribution in [2.45, 2.75) is 32.6 Å². The standard InChI is InChI=1S/C13H24N2O5S/c1-3-5-10(13(17)18)8-14-12(16)11-6-4-7-15(9-11)21(2,19)20/h10-11H,3-9H2,1-2H3,(H,14,16)(H,17,18). The van der Waals surface area contributed by atoms with Crippen molar-refractivity contribution < 1.29 is 23.1 Å². The fourth-order valence-corrected chi connectivity index (χ4v) is 3.40. The van der Waals surface area contributed by atoms with Crippen LogP contribution >= 0.6 is 0 Å². The number of carboxylic acid groups (broad SMARTS) is 1. The molecule has 122 valence electrons. The quantitative estimate of drug-likeness (QED) is 0.701. The van der Waals surface area contributed by atoms with Crippen molar-refractivity contribution in [3.05, 3.63) is 0 Å². The number of rotatable bonds is 7. The topological polar surface area (TPSA) is 104 Å². The maximum atomic E-state index is 12.1. The predicted molar refractivity (Wildman–Crippen MR) is 78.2 cm³/mol. The van der Waals surface area contributed by atoms with E-state index in [9.17, 15) is 18.0 Å². The lowest BCUT2D eigenvalue weighted by molar-refractivity contribution is -0.142. The molecule has 0 saturated carbocycles. The van der Waals surface area contributed by atoms with Crippen LogP contribution in [0.15, 0.2) is 0 Å². The van der Waals surface area contributed by atoms with Gasteiger partial charge in [0, 0.05) is 19.6 Å². The summed E-state index contributed by atoms with van der Waals surface area (Å²) in [7, 11) is -3.29. The Balaban J connectivity index is 2.53. The van der Waals surface area contributed by atoms with E-state index in [4.69, 9.17) is 5.11 Å². The minimum absolute atomic E-state index is 0.0946. The summed E-state index contributed by atoms with van der Waals surface area (Å²) in [6, 6.07) is 0. The number of nitrogens with one attached hydrogen (secondary N) is 1. The van der Waals surface area contributed by atoms with Gasteiger partial charge in [-0.05, 0) is 19.3 Å². The minimum atomic E-state index is -3.29. The fraction of sp³-hybridized carbons (Fsp3) is 0.846. The molecule has 0 spiro atoms. The SMILES string of the molecule is CCCC(CNC(=O)C1CCCN(S(C)(=O)=O)C1)C(=O)O. The number of carbonyl (C=O) groups excluding carboxylic acids is 1. The first-order valence-electron chi connectivity index (χ1n) is 7.21. The van der Waals surface area contributed by atoms with Crippen LogP contribution in [0.1, 0.15) is 32.6 Å². The Morgan fingerprint density at radius 1 is 1.43 bits per heavy atom. The summed E-state index contributed by atoms with van der Waals surface area (Å²) < 4.78 is 24.3. The van der Waals surface area contributed by atoms with E-state index in [-0.39, 0.29) is 19.0 Å². The lowest BCUT2D eigenvalue weighted by Crippen LogP contribution is -2.46. The van der Waals surface area contributed by atoms with Gasteiger partial charge in [0.2, 0.25) is 15.9 Å². The maximum absolute atomic E-state index is 12.1. The Bertz CT molecular complexity index is 477. The first kappa shape index (κ1) is 17.9. The average molecular weight is 320 g/mol. The second-order valence-electron chi connectivity index (χ2n) is 5.53. The van der Waals surface area contributed by atoms with Gasteiger partial charge in [0.15, 0.2) is 0 Å². The molecule has 1 amide bonds. The van der Waals surface area contributed by atoms with Crippen molar-refractivity contribution >= 4 is 21.9 Å². The summed E-state index contributed by atoms with van der Waals surface area (Å²) in [5.74, 6) is -2.16. The molecule has 0 aliphatic carbocycles. The Morgan fingerprint density at radius 3 is 2.62 bits per heavy atom. The van der Waals surface area contributed by atoms with Gasteiger partial charge in [-0.15, -0.1) is 0 Å². The Morgan fingerprint density at radius 2 is 2.10 bits per heavy atom. The van der Waals surface area contributed by atoms with E-state index in [0.29, 0.717) is 25.8 Å². The lowest BCUT2D eigenvalue weighted by atomic mass is 9.98. The highest BCUT2D eigenvalue weighted by atomic mass is 32.2. The molecule has 0 radical (unpaired) electrons. The number of sulfonamides is 1. The van der Waals surface area contributed by atoms with E-state index < -0.39 is 27.8 Å². The van der Waals surface area contributed by atoms with Crippen molar-refractivity contribution in [2.75, 3.05) is 25.9 Å². The van der Waals surface area contributed by atoms with Crippen LogP contribution in [0.4, 0.5) is 0 Å². The van der Waals surface area contributed by atoms with Crippen LogP contribution in [0.2, 0.25) is 0 Å². The van der Waals surface area contributed by atoms with Crippen LogP contribution in [-0.2, 0) is 19.6 Å². The van der Waals surface area contributed by atoms with Crippen molar-refractivity contribution in [2.24, 2.45) is 11.8 Å². The molecule has 2 unspecified atom stereocenters. The number of carboxylic acids is 1. The summed E-state index contributed by atoms with van der Waals surface area (Å²) in [5.41, 5.74) is 0. The molecule has 0 aromatic carbocycles. The second kappa shape index (κ2) is 7.74. The normalized spacial score (nSPS) is 21.7. The number of amides is 1. The lowest BCUT2D eigenvalue weighted by Gasteiger charge is -2.30. The smallest absolute Gasteiger partial charge is 0.308 e. The Kier molecular flexibility index (Phi) is 6.60. The summed E-state index contributed by atoms with van der Waals surface area (Å²) in [6.07, 6.45) is 3.65. The summed E-state index contributed by atoms with van der Waals surface area (Å²) in [5, 5.41) is 11.7. The van der Waals surface area contributed by atoms with Crippen molar-refractivity contribution in [1.82, 2.24) is 9.62 Å². The molecule has 1 aliphatic heterocycles. The van der Waals surface area contributed by atoms with Crippen LogP contribution in [0, 0.1) is 11.8 Å². The van der Waals surface area contributed by atoms with Gasteiger partial charge in [0.1, 0.15) is 0 Å². The first-order valence-corrected chi connectivity index (χ1v) is 9.06. The third-order valence-electron chi connectivity index (χ3n) is 3.73. The Labute approximate surface area is 125 Å².